The molecular formula is C15H12ClN3O2S. The molecule has 2 heterocycles. The van der Waals surface area contributed by atoms with Crippen molar-refractivity contribution in [3.05, 3.63) is 57.0 Å². The van der Waals surface area contributed by atoms with Gasteiger partial charge in [0, 0.05) is 11.8 Å². The molecule has 0 amide bonds. The van der Waals surface area contributed by atoms with Crippen molar-refractivity contribution in [3.63, 3.8) is 0 Å². The number of hydrogen-bond donors (Lipinski definition) is 0. The van der Waals surface area contributed by atoms with Crippen LogP contribution in [0.5, 0.6) is 5.75 Å². The van der Waals surface area contributed by atoms with Crippen LogP contribution in [0.1, 0.15) is 16.3 Å². The van der Waals surface area contributed by atoms with Crippen LogP contribution in [-0.4, -0.2) is 21.7 Å². The summed E-state index contributed by atoms with van der Waals surface area (Å²) in [5.74, 6) is 0.777. The van der Waals surface area contributed by atoms with Crippen molar-refractivity contribution < 1.29 is 4.74 Å². The first-order valence-corrected chi connectivity index (χ1v) is 7.65. The summed E-state index contributed by atoms with van der Waals surface area (Å²) in [5, 5.41) is 5.22. The number of nitrogens with zero attached hydrogens (tertiary/aromatic N) is 3. The predicted molar refractivity (Wildman–Crippen MR) is 88.6 cm³/mol. The number of hydrogen-bond acceptors (Lipinski definition) is 5. The highest BCUT2D eigenvalue weighted by Gasteiger charge is 2.10. The Bertz CT molecular complexity index is 913. The molecule has 0 spiro atoms. The average Bonchev–Trinajstić information content (AvgIpc) is 2.92. The van der Waals surface area contributed by atoms with Gasteiger partial charge in [0.2, 0.25) is 4.96 Å². The van der Waals surface area contributed by atoms with Gasteiger partial charge in [-0.1, -0.05) is 35.1 Å². The Labute approximate surface area is 135 Å². The van der Waals surface area contributed by atoms with Crippen molar-refractivity contribution in [2.75, 3.05) is 7.11 Å². The minimum absolute atomic E-state index is 0.209. The van der Waals surface area contributed by atoms with Gasteiger partial charge in [-0.15, -0.1) is 0 Å². The number of methoxy groups -OCH3 is 1. The van der Waals surface area contributed by atoms with E-state index in [2.05, 4.69) is 10.1 Å². The van der Waals surface area contributed by atoms with Gasteiger partial charge in [0.1, 0.15) is 5.75 Å². The molecule has 0 aliphatic carbocycles. The van der Waals surface area contributed by atoms with Gasteiger partial charge in [-0.25, -0.2) is 4.98 Å². The molecule has 2 aromatic heterocycles. The Balaban J connectivity index is 2.00. The van der Waals surface area contributed by atoms with Crippen LogP contribution in [0.3, 0.4) is 0 Å². The van der Waals surface area contributed by atoms with Gasteiger partial charge in [0.15, 0.2) is 5.01 Å². The molecule has 1 aromatic carbocycles. The third-order valence-corrected chi connectivity index (χ3v) is 4.33. The van der Waals surface area contributed by atoms with Gasteiger partial charge in [-0.2, -0.15) is 9.61 Å². The van der Waals surface area contributed by atoms with E-state index in [1.807, 2.05) is 24.3 Å². The maximum absolute atomic E-state index is 11.9. The fourth-order valence-electron chi connectivity index (χ4n) is 1.93. The van der Waals surface area contributed by atoms with Gasteiger partial charge >= 0.3 is 0 Å². The van der Waals surface area contributed by atoms with Crippen molar-refractivity contribution in [2.24, 2.45) is 0 Å². The second-order valence-electron chi connectivity index (χ2n) is 4.60. The van der Waals surface area contributed by atoms with Crippen molar-refractivity contribution >= 4 is 39.0 Å². The zero-order valence-corrected chi connectivity index (χ0v) is 13.5. The van der Waals surface area contributed by atoms with Crippen molar-refractivity contribution in [1.29, 1.82) is 0 Å². The Kier molecular flexibility index (Phi) is 3.96. The number of ether oxygens (including phenoxy) is 1. The summed E-state index contributed by atoms with van der Waals surface area (Å²) in [6.07, 6.45) is 1.79. The molecular weight excluding hydrogens is 322 g/mol. The van der Waals surface area contributed by atoms with E-state index in [0.717, 1.165) is 11.3 Å². The molecule has 0 saturated heterocycles. The number of halogens is 1. The van der Waals surface area contributed by atoms with Crippen LogP contribution in [-0.2, 0) is 0 Å². The second kappa shape index (κ2) is 5.90. The lowest BCUT2D eigenvalue weighted by Crippen LogP contribution is -2.14. The monoisotopic (exact) mass is 333 g/mol. The molecule has 0 N–H and O–H groups in total. The number of aromatic nitrogens is 3. The lowest BCUT2D eigenvalue weighted by Gasteiger charge is -1.99. The summed E-state index contributed by atoms with van der Waals surface area (Å²) in [5.41, 5.74) is 1.37. The summed E-state index contributed by atoms with van der Waals surface area (Å²) in [6, 6.07) is 8.93. The Morgan fingerprint density at radius 2 is 2.09 bits per heavy atom. The molecule has 0 aliphatic rings. The second-order valence-corrected chi connectivity index (χ2v) is 5.97. The van der Waals surface area contributed by atoms with Crippen LogP contribution in [0.25, 0.3) is 16.1 Å². The number of aryl methyl sites for hydroxylation is 1. The van der Waals surface area contributed by atoms with Crippen LogP contribution in [0.4, 0.5) is 0 Å². The van der Waals surface area contributed by atoms with Crippen LogP contribution < -0.4 is 10.3 Å². The highest BCUT2D eigenvalue weighted by atomic mass is 35.5. The first-order valence-electron chi connectivity index (χ1n) is 6.46. The van der Waals surface area contributed by atoms with E-state index < -0.39 is 0 Å². The number of benzene rings is 1. The summed E-state index contributed by atoms with van der Waals surface area (Å²) in [6.45, 7) is 1.77. The Morgan fingerprint density at radius 1 is 1.36 bits per heavy atom. The van der Waals surface area contributed by atoms with E-state index in [9.17, 15) is 4.79 Å². The maximum atomic E-state index is 11.9. The SMILES string of the molecule is COc1ccc(/C=C(\Cl)c2nn3c(=O)cc(C)nc3s2)cc1. The lowest BCUT2D eigenvalue weighted by molar-refractivity contribution is 0.415. The third-order valence-electron chi connectivity index (χ3n) is 2.99. The maximum Gasteiger partial charge on any atom is 0.275 e. The Morgan fingerprint density at radius 3 is 2.77 bits per heavy atom. The average molecular weight is 334 g/mol. The zero-order valence-electron chi connectivity index (χ0n) is 11.9. The van der Waals surface area contributed by atoms with E-state index in [1.165, 1.54) is 21.9 Å². The van der Waals surface area contributed by atoms with Gasteiger partial charge in [-0.05, 0) is 30.7 Å². The normalized spacial score (nSPS) is 11.9. The predicted octanol–water partition coefficient (Wildman–Crippen LogP) is 3.20. The smallest absolute Gasteiger partial charge is 0.275 e. The van der Waals surface area contributed by atoms with Crippen LogP contribution >= 0.6 is 22.9 Å². The standard InChI is InChI=1S/C15H12ClN3O2S/c1-9-7-13(20)19-15(17-9)22-14(18-19)12(16)8-10-3-5-11(21-2)6-4-10/h3-8H,1-2H3/b12-8-. The molecule has 22 heavy (non-hydrogen) atoms. The van der Waals surface area contributed by atoms with Crippen molar-refractivity contribution in [3.8, 4) is 5.75 Å². The molecule has 7 heteroatoms. The molecule has 0 fully saturated rings. The first kappa shape index (κ1) is 14.7. The lowest BCUT2D eigenvalue weighted by atomic mass is 10.2. The summed E-state index contributed by atoms with van der Waals surface area (Å²) >= 11 is 7.59. The quantitative estimate of drug-likeness (QED) is 0.738. The molecule has 0 atom stereocenters. The summed E-state index contributed by atoms with van der Waals surface area (Å²) in [4.78, 5) is 16.7. The molecule has 0 bridgehead atoms. The van der Waals surface area contributed by atoms with Crippen LogP contribution in [0.2, 0.25) is 0 Å². The van der Waals surface area contributed by atoms with Gasteiger partial charge < -0.3 is 4.74 Å². The summed E-state index contributed by atoms with van der Waals surface area (Å²) in [7, 11) is 1.62. The highest BCUT2D eigenvalue weighted by Crippen LogP contribution is 2.26. The topological polar surface area (TPSA) is 56.5 Å². The molecule has 112 valence electrons. The number of fused-ring (bicyclic) bond motifs is 1. The fourth-order valence-corrected chi connectivity index (χ4v) is 3.06. The fraction of sp³-hybridized carbons (Fsp3) is 0.133. The van der Waals surface area contributed by atoms with E-state index in [-0.39, 0.29) is 5.56 Å². The van der Waals surface area contributed by atoms with Gasteiger partial charge in [0.25, 0.3) is 5.56 Å². The molecule has 3 aromatic rings. The molecule has 0 saturated carbocycles. The minimum Gasteiger partial charge on any atom is -0.497 e. The van der Waals surface area contributed by atoms with E-state index in [0.29, 0.717) is 20.7 Å². The largest absolute Gasteiger partial charge is 0.497 e. The molecule has 0 unspecified atom stereocenters. The first-order chi connectivity index (χ1) is 10.6. The molecule has 3 rings (SSSR count). The van der Waals surface area contributed by atoms with Crippen LogP contribution in [0.15, 0.2) is 35.1 Å². The van der Waals surface area contributed by atoms with Crippen molar-refractivity contribution in [2.45, 2.75) is 6.92 Å². The molecule has 0 aliphatic heterocycles. The van der Waals surface area contributed by atoms with Crippen molar-refractivity contribution in [1.82, 2.24) is 14.6 Å². The van der Waals surface area contributed by atoms with Crippen LogP contribution in [0, 0.1) is 6.92 Å². The third kappa shape index (κ3) is 2.88. The number of rotatable bonds is 3. The van der Waals surface area contributed by atoms with E-state index >= 15 is 0 Å². The molecule has 0 radical (unpaired) electrons. The highest BCUT2D eigenvalue weighted by molar-refractivity contribution is 7.18. The summed E-state index contributed by atoms with van der Waals surface area (Å²) < 4.78 is 6.37. The minimum atomic E-state index is -0.209. The van der Waals surface area contributed by atoms with Gasteiger partial charge in [-0.3, -0.25) is 4.79 Å². The molecule has 5 nitrogen and oxygen atoms in total. The van der Waals surface area contributed by atoms with Gasteiger partial charge in [0.05, 0.1) is 12.1 Å². The zero-order chi connectivity index (χ0) is 15.7. The van der Waals surface area contributed by atoms with E-state index in [1.54, 1.807) is 20.1 Å². The van der Waals surface area contributed by atoms with E-state index in [4.69, 9.17) is 16.3 Å². The Hall–Kier alpha value is -2.18.